The summed E-state index contributed by atoms with van der Waals surface area (Å²) in [6, 6.07) is 21.7. The van der Waals surface area contributed by atoms with Crippen LogP contribution >= 0.6 is 11.3 Å². The van der Waals surface area contributed by atoms with Gasteiger partial charge in [-0.1, -0.05) is 49.4 Å². The second kappa shape index (κ2) is 12.7. The van der Waals surface area contributed by atoms with Crippen molar-refractivity contribution >= 4 is 29.0 Å². The lowest BCUT2D eigenvalue weighted by Gasteiger charge is -2.29. The zero-order valence-corrected chi connectivity index (χ0v) is 21.9. The molecule has 6 nitrogen and oxygen atoms in total. The minimum atomic E-state index is -0.283. The molecule has 7 heteroatoms. The molecule has 0 radical (unpaired) electrons. The van der Waals surface area contributed by atoms with Gasteiger partial charge in [-0.05, 0) is 61.6 Å². The number of benzene rings is 2. The zero-order valence-electron chi connectivity index (χ0n) is 21.1. The molecule has 1 saturated heterocycles. The van der Waals surface area contributed by atoms with Gasteiger partial charge >= 0.3 is 6.03 Å². The highest BCUT2D eigenvalue weighted by Gasteiger charge is 2.27. The Morgan fingerprint density at radius 3 is 2.39 bits per heavy atom. The molecule has 2 aromatic carbocycles. The Balaban J connectivity index is 1.50. The standard InChI is InChI=1S/C29H35N3O3S/c1-3-23-12-14-25(15-13-23)30-29(34)32(19-26-10-7-17-35-26)21-28(33)31(18-24-8-5-4-6-9-24)20-27-16-11-22(2)36-27/h4-6,8-9,11-16,26H,3,7,10,17-21H2,1-2H3,(H,30,34). The van der Waals surface area contributed by atoms with Crippen LogP contribution in [0.4, 0.5) is 10.5 Å². The van der Waals surface area contributed by atoms with Crippen LogP contribution in [0.25, 0.3) is 0 Å². The van der Waals surface area contributed by atoms with E-state index in [1.165, 1.54) is 10.4 Å². The van der Waals surface area contributed by atoms with E-state index in [1.807, 2.05) is 59.5 Å². The van der Waals surface area contributed by atoms with Gasteiger partial charge in [-0.25, -0.2) is 4.79 Å². The smallest absolute Gasteiger partial charge is 0.322 e. The Labute approximate surface area is 217 Å². The second-order valence-corrected chi connectivity index (χ2v) is 10.6. The SMILES string of the molecule is CCc1ccc(NC(=O)N(CC(=O)N(Cc2ccccc2)Cc2ccc(C)s2)CC2CCCO2)cc1. The molecule has 1 aliphatic rings. The van der Waals surface area contributed by atoms with Crippen molar-refractivity contribution in [3.63, 3.8) is 0 Å². The summed E-state index contributed by atoms with van der Waals surface area (Å²) >= 11 is 1.69. The number of amides is 3. The molecule has 1 fully saturated rings. The molecule has 190 valence electrons. The molecule has 3 amide bonds. The summed E-state index contributed by atoms with van der Waals surface area (Å²) in [5.74, 6) is -0.0839. The van der Waals surface area contributed by atoms with Gasteiger partial charge in [0.1, 0.15) is 6.54 Å². The summed E-state index contributed by atoms with van der Waals surface area (Å²) in [7, 11) is 0. The van der Waals surface area contributed by atoms with Crippen LogP contribution in [0.2, 0.25) is 0 Å². The maximum Gasteiger partial charge on any atom is 0.322 e. The first kappa shape index (κ1) is 25.9. The van der Waals surface area contributed by atoms with Crippen molar-refractivity contribution in [1.82, 2.24) is 9.80 Å². The van der Waals surface area contributed by atoms with E-state index in [2.05, 4.69) is 31.3 Å². The van der Waals surface area contributed by atoms with Crippen molar-refractivity contribution < 1.29 is 14.3 Å². The van der Waals surface area contributed by atoms with Gasteiger partial charge in [0.2, 0.25) is 5.91 Å². The average Bonchev–Trinajstić information content (AvgIpc) is 3.55. The van der Waals surface area contributed by atoms with Gasteiger partial charge in [0.15, 0.2) is 0 Å². The molecule has 4 rings (SSSR count). The molecule has 3 aromatic rings. The van der Waals surface area contributed by atoms with Gasteiger partial charge in [-0.3, -0.25) is 4.79 Å². The van der Waals surface area contributed by atoms with E-state index in [4.69, 9.17) is 4.74 Å². The molecule has 0 spiro atoms. The highest BCUT2D eigenvalue weighted by Crippen LogP contribution is 2.20. The number of hydrogen-bond donors (Lipinski definition) is 1. The Morgan fingerprint density at radius 2 is 1.75 bits per heavy atom. The van der Waals surface area contributed by atoms with Crippen LogP contribution in [-0.4, -0.2) is 47.5 Å². The average molecular weight is 506 g/mol. The second-order valence-electron chi connectivity index (χ2n) is 9.24. The fraction of sp³-hybridized carbons (Fsp3) is 0.379. The molecular formula is C29H35N3O3S. The van der Waals surface area contributed by atoms with Crippen LogP contribution in [0.5, 0.6) is 0 Å². The fourth-order valence-corrected chi connectivity index (χ4v) is 5.24. The van der Waals surface area contributed by atoms with Crippen molar-refractivity contribution in [2.24, 2.45) is 0 Å². The predicted octanol–water partition coefficient (Wildman–Crippen LogP) is 5.86. The molecule has 1 unspecified atom stereocenters. The zero-order chi connectivity index (χ0) is 25.3. The largest absolute Gasteiger partial charge is 0.376 e. The third-order valence-electron chi connectivity index (χ3n) is 6.39. The maximum absolute atomic E-state index is 13.7. The van der Waals surface area contributed by atoms with Crippen LogP contribution in [0.3, 0.4) is 0 Å². The normalized spacial score (nSPS) is 15.0. The van der Waals surface area contributed by atoms with E-state index < -0.39 is 0 Å². The predicted molar refractivity (Wildman–Crippen MR) is 145 cm³/mol. The summed E-state index contributed by atoms with van der Waals surface area (Å²) in [6.45, 7) is 6.26. The minimum Gasteiger partial charge on any atom is -0.376 e. The van der Waals surface area contributed by atoms with Crippen molar-refractivity contribution in [1.29, 1.82) is 0 Å². The third kappa shape index (κ3) is 7.42. The Bertz CT molecular complexity index is 1120. The lowest BCUT2D eigenvalue weighted by Crippen LogP contribution is -2.46. The van der Waals surface area contributed by atoms with Crippen molar-refractivity contribution in [2.75, 3.05) is 25.0 Å². The van der Waals surface area contributed by atoms with Crippen LogP contribution in [0.1, 0.15) is 40.6 Å². The lowest BCUT2D eigenvalue weighted by atomic mass is 10.1. The topological polar surface area (TPSA) is 61.9 Å². The fourth-order valence-electron chi connectivity index (χ4n) is 4.34. The van der Waals surface area contributed by atoms with Gasteiger partial charge in [0, 0.05) is 35.1 Å². The number of ether oxygens (including phenoxy) is 1. The Morgan fingerprint density at radius 1 is 0.972 bits per heavy atom. The molecule has 2 heterocycles. The summed E-state index contributed by atoms with van der Waals surface area (Å²) in [4.78, 5) is 32.8. The lowest BCUT2D eigenvalue weighted by molar-refractivity contribution is -0.133. The molecule has 0 bridgehead atoms. The van der Waals surface area contributed by atoms with Gasteiger partial charge in [0.25, 0.3) is 0 Å². The molecule has 1 aromatic heterocycles. The number of carbonyl (C=O) groups is 2. The molecular weight excluding hydrogens is 470 g/mol. The molecule has 0 aliphatic carbocycles. The first-order valence-corrected chi connectivity index (χ1v) is 13.5. The highest BCUT2D eigenvalue weighted by molar-refractivity contribution is 7.11. The number of carbonyl (C=O) groups excluding carboxylic acids is 2. The molecule has 0 saturated carbocycles. The minimum absolute atomic E-state index is 0.00404. The summed E-state index contributed by atoms with van der Waals surface area (Å²) < 4.78 is 5.81. The van der Waals surface area contributed by atoms with Crippen LogP contribution in [-0.2, 0) is 29.0 Å². The van der Waals surface area contributed by atoms with Gasteiger partial charge < -0.3 is 19.9 Å². The first-order valence-electron chi connectivity index (χ1n) is 12.6. The van der Waals surface area contributed by atoms with Crippen molar-refractivity contribution in [3.05, 3.63) is 87.6 Å². The Kier molecular flexibility index (Phi) is 9.14. The quantitative estimate of drug-likeness (QED) is 0.375. The summed E-state index contributed by atoms with van der Waals surface area (Å²) in [5, 5.41) is 2.98. The van der Waals surface area contributed by atoms with E-state index in [1.54, 1.807) is 16.2 Å². The molecule has 1 atom stereocenters. The molecule has 1 aliphatic heterocycles. The Hall–Kier alpha value is -3.16. The number of thiophene rings is 1. The molecule has 36 heavy (non-hydrogen) atoms. The van der Waals surface area contributed by atoms with Gasteiger partial charge in [-0.2, -0.15) is 0 Å². The van der Waals surface area contributed by atoms with Crippen molar-refractivity contribution in [2.45, 2.75) is 52.3 Å². The number of nitrogens with zero attached hydrogens (tertiary/aromatic N) is 2. The van der Waals surface area contributed by atoms with Crippen LogP contribution in [0.15, 0.2) is 66.7 Å². The third-order valence-corrected chi connectivity index (χ3v) is 7.37. The number of urea groups is 1. The van der Waals surface area contributed by atoms with E-state index >= 15 is 0 Å². The van der Waals surface area contributed by atoms with Crippen LogP contribution < -0.4 is 5.32 Å². The van der Waals surface area contributed by atoms with Crippen molar-refractivity contribution in [3.8, 4) is 0 Å². The van der Waals surface area contributed by atoms with Crippen LogP contribution in [0, 0.1) is 6.92 Å². The van der Waals surface area contributed by atoms with E-state index in [9.17, 15) is 9.59 Å². The van der Waals surface area contributed by atoms with E-state index in [0.29, 0.717) is 26.2 Å². The van der Waals surface area contributed by atoms with Gasteiger partial charge in [0.05, 0.1) is 12.6 Å². The number of aryl methyl sites for hydroxylation is 2. The summed E-state index contributed by atoms with van der Waals surface area (Å²) in [5.41, 5.74) is 2.99. The summed E-state index contributed by atoms with van der Waals surface area (Å²) in [6.07, 6.45) is 2.76. The van der Waals surface area contributed by atoms with Gasteiger partial charge in [-0.15, -0.1) is 11.3 Å². The van der Waals surface area contributed by atoms with E-state index in [0.717, 1.165) is 35.4 Å². The van der Waals surface area contributed by atoms with E-state index in [-0.39, 0.29) is 24.6 Å². The number of rotatable bonds is 10. The molecule has 1 N–H and O–H groups in total. The first-order chi connectivity index (χ1) is 17.5. The highest BCUT2D eigenvalue weighted by atomic mass is 32.1. The maximum atomic E-state index is 13.7. The monoisotopic (exact) mass is 505 g/mol. The number of anilines is 1. The number of nitrogens with one attached hydrogen (secondary N) is 1. The number of hydrogen-bond acceptors (Lipinski definition) is 4.